The maximum Gasteiger partial charge on any atom is 0.222 e. The smallest absolute Gasteiger partial charge is 0.222 e. The number of amides is 1. The molecule has 0 aromatic heterocycles. The summed E-state index contributed by atoms with van der Waals surface area (Å²) in [5.41, 5.74) is 5.59. The van der Waals surface area contributed by atoms with Gasteiger partial charge in [-0.25, -0.2) is 0 Å². The van der Waals surface area contributed by atoms with Gasteiger partial charge in [-0.3, -0.25) is 4.79 Å². The first-order valence-electron chi connectivity index (χ1n) is 5.04. The van der Waals surface area contributed by atoms with Crippen LogP contribution in [-0.2, 0) is 4.79 Å². The minimum absolute atomic E-state index is 0.120. The van der Waals surface area contributed by atoms with Gasteiger partial charge in [0.2, 0.25) is 5.91 Å². The van der Waals surface area contributed by atoms with E-state index in [4.69, 9.17) is 5.73 Å². The number of nitrogens with two attached hydrogens (primary N) is 1. The van der Waals surface area contributed by atoms with E-state index >= 15 is 0 Å². The summed E-state index contributed by atoms with van der Waals surface area (Å²) in [7, 11) is 0. The molecule has 0 rings (SSSR count). The summed E-state index contributed by atoms with van der Waals surface area (Å²) in [6.07, 6.45) is 1.35. The average Bonchev–Trinajstić information content (AvgIpc) is 2.01. The first-order chi connectivity index (χ1) is 5.99. The Hall–Kier alpha value is -0.570. The van der Waals surface area contributed by atoms with Gasteiger partial charge in [-0.15, -0.1) is 0 Å². The van der Waals surface area contributed by atoms with Crippen LogP contribution in [0.1, 0.15) is 40.5 Å². The molecule has 0 fully saturated rings. The molecule has 0 aliphatic rings. The predicted molar refractivity (Wildman–Crippen MR) is 55.4 cm³/mol. The van der Waals surface area contributed by atoms with Crippen molar-refractivity contribution >= 4 is 5.91 Å². The van der Waals surface area contributed by atoms with E-state index in [9.17, 15) is 4.79 Å². The van der Waals surface area contributed by atoms with E-state index in [1.165, 1.54) is 0 Å². The number of carbonyl (C=O) groups is 1. The van der Waals surface area contributed by atoms with Gasteiger partial charge in [0.1, 0.15) is 0 Å². The molecule has 1 amide bonds. The molecular formula is C10H22N2O. The van der Waals surface area contributed by atoms with E-state index in [0.717, 1.165) is 13.0 Å². The summed E-state index contributed by atoms with van der Waals surface area (Å²) in [4.78, 5) is 13.5. The number of rotatable bonds is 5. The zero-order valence-corrected chi connectivity index (χ0v) is 9.21. The lowest BCUT2D eigenvalue weighted by molar-refractivity contribution is -0.132. The summed E-state index contributed by atoms with van der Waals surface area (Å²) < 4.78 is 0. The van der Waals surface area contributed by atoms with Crippen molar-refractivity contribution < 1.29 is 4.79 Å². The molecule has 3 heteroatoms. The number of nitrogens with zero attached hydrogens (tertiary/aromatic N) is 1. The van der Waals surface area contributed by atoms with Gasteiger partial charge in [0.25, 0.3) is 0 Å². The maximum absolute atomic E-state index is 11.6. The van der Waals surface area contributed by atoms with Crippen molar-refractivity contribution in [3.8, 4) is 0 Å². The molecule has 0 aliphatic heterocycles. The molecule has 0 aromatic carbocycles. The van der Waals surface area contributed by atoms with E-state index in [0.29, 0.717) is 12.5 Å². The Morgan fingerprint density at radius 2 is 1.92 bits per heavy atom. The fourth-order valence-electron chi connectivity index (χ4n) is 1.32. The van der Waals surface area contributed by atoms with Crippen LogP contribution >= 0.6 is 0 Å². The fraction of sp³-hybridized carbons (Fsp3) is 0.900. The van der Waals surface area contributed by atoms with Crippen LogP contribution in [0.4, 0.5) is 0 Å². The first kappa shape index (κ1) is 12.4. The van der Waals surface area contributed by atoms with Crippen LogP contribution in [0, 0.1) is 0 Å². The molecule has 0 aliphatic carbocycles. The third-order valence-corrected chi connectivity index (χ3v) is 2.10. The van der Waals surface area contributed by atoms with Crippen LogP contribution in [0.5, 0.6) is 0 Å². The SMILES string of the molecule is CCN(C(=O)CCC(C)N)C(C)C. The average molecular weight is 186 g/mol. The Kier molecular flexibility index (Phi) is 5.71. The van der Waals surface area contributed by atoms with E-state index in [1.54, 1.807) is 0 Å². The van der Waals surface area contributed by atoms with Crippen LogP contribution in [0.25, 0.3) is 0 Å². The van der Waals surface area contributed by atoms with Crippen LogP contribution < -0.4 is 5.73 Å². The van der Waals surface area contributed by atoms with Gasteiger partial charge in [0.05, 0.1) is 0 Å². The highest BCUT2D eigenvalue weighted by Crippen LogP contribution is 2.04. The summed E-state index contributed by atoms with van der Waals surface area (Å²) in [6, 6.07) is 0.417. The van der Waals surface area contributed by atoms with Gasteiger partial charge in [-0.05, 0) is 34.1 Å². The van der Waals surface area contributed by atoms with Crippen molar-refractivity contribution in [2.24, 2.45) is 5.73 Å². The third-order valence-electron chi connectivity index (χ3n) is 2.10. The molecular weight excluding hydrogens is 164 g/mol. The molecule has 1 atom stereocenters. The highest BCUT2D eigenvalue weighted by molar-refractivity contribution is 5.76. The van der Waals surface area contributed by atoms with E-state index in [-0.39, 0.29) is 11.9 Å². The molecule has 0 radical (unpaired) electrons. The molecule has 0 spiro atoms. The summed E-state index contributed by atoms with van der Waals surface area (Å²) in [5.74, 6) is 0.217. The van der Waals surface area contributed by atoms with Gasteiger partial charge >= 0.3 is 0 Å². The topological polar surface area (TPSA) is 46.3 Å². The maximum atomic E-state index is 11.6. The summed E-state index contributed by atoms with van der Waals surface area (Å²) >= 11 is 0. The predicted octanol–water partition coefficient (Wildman–Crippen LogP) is 1.37. The quantitative estimate of drug-likeness (QED) is 0.705. The lowest BCUT2D eigenvalue weighted by atomic mass is 10.1. The van der Waals surface area contributed by atoms with Crippen LogP contribution in [-0.4, -0.2) is 29.4 Å². The van der Waals surface area contributed by atoms with Gasteiger partial charge in [0.15, 0.2) is 0 Å². The van der Waals surface area contributed by atoms with Crippen LogP contribution in [0.15, 0.2) is 0 Å². The normalized spacial score (nSPS) is 13.1. The third kappa shape index (κ3) is 4.88. The molecule has 0 heterocycles. The number of hydrogen-bond acceptors (Lipinski definition) is 2. The summed E-state index contributed by atoms with van der Waals surface area (Å²) in [6.45, 7) is 8.79. The fourth-order valence-corrected chi connectivity index (χ4v) is 1.32. The minimum Gasteiger partial charge on any atom is -0.341 e. The molecule has 13 heavy (non-hydrogen) atoms. The highest BCUT2D eigenvalue weighted by atomic mass is 16.2. The van der Waals surface area contributed by atoms with Crippen molar-refractivity contribution in [2.75, 3.05) is 6.54 Å². The second-order valence-electron chi connectivity index (χ2n) is 3.79. The Balaban J connectivity index is 3.92. The molecule has 0 saturated carbocycles. The van der Waals surface area contributed by atoms with Gasteiger partial charge in [-0.1, -0.05) is 0 Å². The molecule has 0 aromatic rings. The van der Waals surface area contributed by atoms with Crippen LogP contribution in [0.3, 0.4) is 0 Å². The lowest BCUT2D eigenvalue weighted by Gasteiger charge is -2.25. The Bertz CT molecular complexity index is 155. The van der Waals surface area contributed by atoms with E-state index < -0.39 is 0 Å². The first-order valence-corrected chi connectivity index (χ1v) is 5.04. The lowest BCUT2D eigenvalue weighted by Crippen LogP contribution is -2.37. The molecule has 78 valence electrons. The highest BCUT2D eigenvalue weighted by Gasteiger charge is 2.14. The zero-order chi connectivity index (χ0) is 10.4. The van der Waals surface area contributed by atoms with Crippen molar-refractivity contribution in [2.45, 2.75) is 52.6 Å². The van der Waals surface area contributed by atoms with Crippen molar-refractivity contribution in [3.05, 3.63) is 0 Å². The van der Waals surface area contributed by atoms with Gasteiger partial charge in [-0.2, -0.15) is 0 Å². The minimum atomic E-state index is 0.120. The Morgan fingerprint density at radius 1 is 1.38 bits per heavy atom. The van der Waals surface area contributed by atoms with E-state index in [1.807, 2.05) is 32.6 Å². The Labute approximate surface area is 81.3 Å². The van der Waals surface area contributed by atoms with Crippen molar-refractivity contribution in [1.29, 1.82) is 0 Å². The number of hydrogen-bond donors (Lipinski definition) is 1. The number of carbonyl (C=O) groups excluding carboxylic acids is 1. The molecule has 0 bridgehead atoms. The summed E-state index contributed by atoms with van der Waals surface area (Å²) in [5, 5.41) is 0. The monoisotopic (exact) mass is 186 g/mol. The van der Waals surface area contributed by atoms with E-state index in [2.05, 4.69) is 0 Å². The van der Waals surface area contributed by atoms with Crippen LogP contribution in [0.2, 0.25) is 0 Å². The molecule has 0 saturated heterocycles. The second kappa shape index (κ2) is 5.97. The molecule has 3 nitrogen and oxygen atoms in total. The second-order valence-corrected chi connectivity index (χ2v) is 3.79. The van der Waals surface area contributed by atoms with Gasteiger partial charge in [0, 0.05) is 25.0 Å². The molecule has 2 N–H and O–H groups in total. The molecule has 1 unspecified atom stereocenters. The standard InChI is InChI=1S/C10H22N2O/c1-5-12(8(2)3)10(13)7-6-9(4)11/h8-9H,5-7,11H2,1-4H3. The van der Waals surface area contributed by atoms with Crippen molar-refractivity contribution in [3.63, 3.8) is 0 Å². The zero-order valence-electron chi connectivity index (χ0n) is 9.21. The van der Waals surface area contributed by atoms with Gasteiger partial charge < -0.3 is 10.6 Å². The van der Waals surface area contributed by atoms with Crippen molar-refractivity contribution in [1.82, 2.24) is 4.90 Å². The largest absolute Gasteiger partial charge is 0.341 e. The Morgan fingerprint density at radius 3 is 2.23 bits per heavy atom.